The molecule has 0 bridgehead atoms. The predicted molar refractivity (Wildman–Crippen MR) is 77.1 cm³/mol. The zero-order valence-electron chi connectivity index (χ0n) is 11.7. The highest BCUT2D eigenvalue weighted by molar-refractivity contribution is 5.38. The average Bonchev–Trinajstić information content (AvgIpc) is 2.50. The molecule has 0 saturated heterocycles. The number of aryl methyl sites for hydroxylation is 1. The predicted octanol–water partition coefficient (Wildman–Crippen LogP) is 4.23. The SMILES string of the molecule is CCCc1ccc(C(OO)c2ccc(C#N)c(F)c2)cc1. The molecular weight excluding hydrogens is 269 g/mol. The van der Waals surface area contributed by atoms with Gasteiger partial charge in [-0.15, -0.1) is 0 Å². The fraction of sp³-hybridized carbons (Fsp3) is 0.235. The van der Waals surface area contributed by atoms with Crippen LogP contribution >= 0.6 is 0 Å². The Morgan fingerprint density at radius 1 is 1.19 bits per heavy atom. The van der Waals surface area contributed by atoms with Gasteiger partial charge in [0.1, 0.15) is 18.0 Å². The van der Waals surface area contributed by atoms with Crippen molar-refractivity contribution in [3.05, 3.63) is 70.5 Å². The van der Waals surface area contributed by atoms with Crippen LogP contribution in [0.3, 0.4) is 0 Å². The Morgan fingerprint density at radius 3 is 2.38 bits per heavy atom. The highest BCUT2D eigenvalue weighted by Gasteiger charge is 2.17. The molecule has 0 radical (unpaired) electrons. The molecule has 1 atom stereocenters. The Bertz CT molecular complexity index is 647. The van der Waals surface area contributed by atoms with Crippen LogP contribution in [0.2, 0.25) is 0 Å². The van der Waals surface area contributed by atoms with Crippen molar-refractivity contribution in [3.8, 4) is 6.07 Å². The van der Waals surface area contributed by atoms with Gasteiger partial charge in [-0.2, -0.15) is 5.26 Å². The Kier molecular flexibility index (Phi) is 5.04. The molecule has 1 unspecified atom stereocenters. The lowest BCUT2D eigenvalue weighted by molar-refractivity contribution is -0.270. The zero-order chi connectivity index (χ0) is 15.2. The summed E-state index contributed by atoms with van der Waals surface area (Å²) in [5.41, 5.74) is 2.34. The van der Waals surface area contributed by atoms with Gasteiger partial charge in [0.25, 0.3) is 0 Å². The monoisotopic (exact) mass is 285 g/mol. The third-order valence-electron chi connectivity index (χ3n) is 3.34. The van der Waals surface area contributed by atoms with Gasteiger partial charge < -0.3 is 0 Å². The van der Waals surface area contributed by atoms with Gasteiger partial charge in [0.15, 0.2) is 0 Å². The Hall–Kier alpha value is -2.22. The minimum atomic E-state index is -0.775. The van der Waals surface area contributed by atoms with Crippen molar-refractivity contribution < 1.29 is 14.5 Å². The third kappa shape index (κ3) is 3.46. The van der Waals surface area contributed by atoms with E-state index in [1.54, 1.807) is 12.1 Å². The molecule has 4 heteroatoms. The molecule has 0 fully saturated rings. The van der Waals surface area contributed by atoms with E-state index in [0.717, 1.165) is 18.4 Å². The summed E-state index contributed by atoms with van der Waals surface area (Å²) in [5.74, 6) is -0.625. The zero-order valence-corrected chi connectivity index (χ0v) is 11.7. The Morgan fingerprint density at radius 2 is 1.86 bits per heavy atom. The molecule has 0 aliphatic heterocycles. The van der Waals surface area contributed by atoms with Gasteiger partial charge in [-0.25, -0.2) is 9.28 Å². The molecule has 0 amide bonds. The second-order valence-corrected chi connectivity index (χ2v) is 4.83. The van der Waals surface area contributed by atoms with Crippen LogP contribution < -0.4 is 0 Å². The summed E-state index contributed by atoms with van der Waals surface area (Å²) < 4.78 is 13.7. The summed E-state index contributed by atoms with van der Waals surface area (Å²) in [6.45, 7) is 2.10. The lowest BCUT2D eigenvalue weighted by Crippen LogP contribution is -2.05. The molecule has 0 aromatic heterocycles. The number of rotatable bonds is 5. The van der Waals surface area contributed by atoms with Crippen molar-refractivity contribution >= 4 is 0 Å². The van der Waals surface area contributed by atoms with Gasteiger partial charge in [0.05, 0.1) is 5.56 Å². The van der Waals surface area contributed by atoms with Crippen molar-refractivity contribution in [3.63, 3.8) is 0 Å². The third-order valence-corrected chi connectivity index (χ3v) is 3.34. The van der Waals surface area contributed by atoms with E-state index in [1.807, 2.05) is 24.3 Å². The van der Waals surface area contributed by atoms with E-state index in [4.69, 9.17) is 10.5 Å². The molecule has 108 valence electrons. The Balaban J connectivity index is 2.31. The highest BCUT2D eigenvalue weighted by Crippen LogP contribution is 2.27. The maximum atomic E-state index is 13.7. The molecule has 3 nitrogen and oxygen atoms in total. The van der Waals surface area contributed by atoms with Gasteiger partial charge in [-0.3, -0.25) is 5.26 Å². The van der Waals surface area contributed by atoms with Crippen molar-refractivity contribution in [1.29, 1.82) is 5.26 Å². The quantitative estimate of drug-likeness (QED) is 0.660. The maximum Gasteiger partial charge on any atom is 0.143 e. The number of halogens is 1. The molecule has 21 heavy (non-hydrogen) atoms. The summed E-state index contributed by atoms with van der Waals surface area (Å²) in [6, 6.07) is 13.5. The lowest BCUT2D eigenvalue weighted by atomic mass is 9.98. The first kappa shape index (κ1) is 15.2. The number of benzene rings is 2. The van der Waals surface area contributed by atoms with Crippen LogP contribution in [0.15, 0.2) is 42.5 Å². The highest BCUT2D eigenvalue weighted by atomic mass is 19.1. The van der Waals surface area contributed by atoms with Gasteiger partial charge in [0.2, 0.25) is 0 Å². The molecule has 2 rings (SSSR count). The Labute approximate surface area is 123 Å². The van der Waals surface area contributed by atoms with Crippen LogP contribution in [0, 0.1) is 17.1 Å². The van der Waals surface area contributed by atoms with Crippen LogP contribution in [0.25, 0.3) is 0 Å². The number of hydrogen-bond acceptors (Lipinski definition) is 3. The maximum absolute atomic E-state index is 13.7. The van der Waals surface area contributed by atoms with Gasteiger partial charge in [0, 0.05) is 0 Å². The first-order chi connectivity index (χ1) is 10.2. The standard InChI is InChI=1S/C17H16FNO2/c1-2-3-12-4-6-13(7-5-12)17(21-20)14-8-9-15(11-19)16(18)10-14/h4-10,17,20H,2-3H2,1H3. The van der Waals surface area contributed by atoms with Crippen LogP contribution in [0.5, 0.6) is 0 Å². The summed E-state index contributed by atoms with van der Waals surface area (Å²) in [7, 11) is 0. The number of hydrogen-bond donors (Lipinski definition) is 1. The molecule has 2 aromatic carbocycles. The first-order valence-electron chi connectivity index (χ1n) is 6.78. The first-order valence-corrected chi connectivity index (χ1v) is 6.78. The van der Waals surface area contributed by atoms with E-state index < -0.39 is 11.9 Å². The summed E-state index contributed by atoms with van der Waals surface area (Å²) in [5, 5.41) is 17.9. The second kappa shape index (κ2) is 6.98. The van der Waals surface area contributed by atoms with E-state index in [0.29, 0.717) is 5.56 Å². The van der Waals surface area contributed by atoms with E-state index in [1.165, 1.54) is 17.7 Å². The van der Waals surface area contributed by atoms with Crippen LogP contribution in [0.1, 0.15) is 41.7 Å². The van der Waals surface area contributed by atoms with Crippen molar-refractivity contribution in [1.82, 2.24) is 0 Å². The van der Waals surface area contributed by atoms with E-state index in [-0.39, 0.29) is 5.56 Å². The molecule has 0 saturated carbocycles. The van der Waals surface area contributed by atoms with Crippen LogP contribution in [-0.2, 0) is 11.3 Å². The van der Waals surface area contributed by atoms with Crippen molar-refractivity contribution in [2.75, 3.05) is 0 Å². The fourth-order valence-electron chi connectivity index (χ4n) is 2.25. The molecule has 0 aliphatic rings. The van der Waals surface area contributed by atoms with Crippen LogP contribution in [-0.4, -0.2) is 5.26 Å². The molecule has 0 aliphatic carbocycles. The van der Waals surface area contributed by atoms with Gasteiger partial charge in [-0.05, 0) is 35.2 Å². The van der Waals surface area contributed by atoms with E-state index in [2.05, 4.69) is 11.8 Å². The topological polar surface area (TPSA) is 53.2 Å². The van der Waals surface area contributed by atoms with Crippen molar-refractivity contribution in [2.24, 2.45) is 0 Å². The smallest absolute Gasteiger partial charge is 0.143 e. The summed E-state index contributed by atoms with van der Waals surface area (Å²) >= 11 is 0. The number of nitrogens with zero attached hydrogens (tertiary/aromatic N) is 1. The molecule has 1 N–H and O–H groups in total. The lowest BCUT2D eigenvalue weighted by Gasteiger charge is -2.15. The minimum absolute atomic E-state index is 0.0336. The largest absolute Gasteiger partial charge is 0.251 e. The minimum Gasteiger partial charge on any atom is -0.251 e. The van der Waals surface area contributed by atoms with Crippen LogP contribution in [0.4, 0.5) is 4.39 Å². The fourth-order valence-corrected chi connectivity index (χ4v) is 2.25. The van der Waals surface area contributed by atoms with Gasteiger partial charge >= 0.3 is 0 Å². The summed E-state index contributed by atoms with van der Waals surface area (Å²) in [4.78, 5) is 4.50. The molecule has 0 spiro atoms. The average molecular weight is 285 g/mol. The normalized spacial score (nSPS) is 11.9. The van der Waals surface area contributed by atoms with Gasteiger partial charge in [-0.1, -0.05) is 43.7 Å². The van der Waals surface area contributed by atoms with E-state index in [9.17, 15) is 4.39 Å². The summed E-state index contributed by atoms with van der Waals surface area (Å²) in [6.07, 6.45) is 1.26. The number of nitriles is 1. The molecule has 2 aromatic rings. The second-order valence-electron chi connectivity index (χ2n) is 4.83. The van der Waals surface area contributed by atoms with E-state index >= 15 is 0 Å². The molecular formula is C17H16FNO2. The molecule has 0 heterocycles. The van der Waals surface area contributed by atoms with Crippen molar-refractivity contribution in [2.45, 2.75) is 25.9 Å².